The number of anilines is 2. The molecule has 0 aliphatic heterocycles. The summed E-state index contributed by atoms with van der Waals surface area (Å²) in [5.41, 5.74) is 7.80. The molecule has 0 fully saturated rings. The first-order chi connectivity index (χ1) is 8.72. The van der Waals surface area contributed by atoms with Crippen LogP contribution in [0, 0.1) is 17.1 Å². The van der Waals surface area contributed by atoms with Gasteiger partial charge in [-0.3, -0.25) is 0 Å². The van der Waals surface area contributed by atoms with Gasteiger partial charge < -0.3 is 11.1 Å². The molecule has 2 rings (SSSR count). The number of nitrogen functional groups attached to an aromatic ring is 1. The molecule has 0 aromatic heterocycles. The van der Waals surface area contributed by atoms with Crippen molar-refractivity contribution >= 4 is 11.4 Å². The number of para-hydroxylation sites is 1. The van der Waals surface area contributed by atoms with Crippen molar-refractivity contribution in [3.63, 3.8) is 0 Å². The maximum Gasteiger partial charge on any atom is 0.128 e. The van der Waals surface area contributed by atoms with E-state index in [1.54, 1.807) is 36.4 Å². The number of nitrogens with one attached hydrogen (secondary N) is 1. The first-order valence-corrected chi connectivity index (χ1v) is 5.48. The molecule has 18 heavy (non-hydrogen) atoms. The SMILES string of the molecule is N#Cc1cccc(NCc2ccccc2F)c1N. The molecule has 0 amide bonds. The van der Waals surface area contributed by atoms with Gasteiger partial charge in [-0.25, -0.2) is 4.39 Å². The lowest BCUT2D eigenvalue weighted by Crippen LogP contribution is -2.05. The van der Waals surface area contributed by atoms with E-state index in [0.29, 0.717) is 29.0 Å². The van der Waals surface area contributed by atoms with E-state index in [9.17, 15) is 4.39 Å². The maximum atomic E-state index is 13.4. The molecule has 0 bridgehead atoms. The topological polar surface area (TPSA) is 61.8 Å². The predicted octanol–water partition coefficient (Wildman–Crippen LogP) is 2.89. The number of benzene rings is 2. The normalized spacial score (nSPS) is 9.78. The summed E-state index contributed by atoms with van der Waals surface area (Å²) in [5, 5.41) is 11.9. The van der Waals surface area contributed by atoms with Crippen LogP contribution in [0.25, 0.3) is 0 Å². The second-order valence-electron chi connectivity index (χ2n) is 3.82. The Morgan fingerprint density at radius 3 is 2.67 bits per heavy atom. The van der Waals surface area contributed by atoms with Gasteiger partial charge in [-0.1, -0.05) is 24.3 Å². The largest absolute Gasteiger partial charge is 0.396 e. The summed E-state index contributed by atoms with van der Waals surface area (Å²) in [7, 11) is 0. The van der Waals surface area contributed by atoms with E-state index in [-0.39, 0.29) is 5.82 Å². The van der Waals surface area contributed by atoms with Gasteiger partial charge in [-0.05, 0) is 18.2 Å². The third kappa shape index (κ3) is 2.41. The van der Waals surface area contributed by atoms with Gasteiger partial charge in [0.1, 0.15) is 11.9 Å². The average Bonchev–Trinajstić information content (AvgIpc) is 2.39. The molecular formula is C14H12FN3. The molecule has 0 aliphatic carbocycles. The highest BCUT2D eigenvalue weighted by Gasteiger charge is 2.05. The molecule has 3 nitrogen and oxygen atoms in total. The minimum atomic E-state index is -0.264. The maximum absolute atomic E-state index is 13.4. The van der Waals surface area contributed by atoms with Crippen molar-refractivity contribution in [2.24, 2.45) is 0 Å². The van der Waals surface area contributed by atoms with Crippen molar-refractivity contribution in [2.75, 3.05) is 11.1 Å². The van der Waals surface area contributed by atoms with Crippen molar-refractivity contribution in [1.82, 2.24) is 0 Å². The van der Waals surface area contributed by atoms with Crippen LogP contribution in [0.4, 0.5) is 15.8 Å². The third-order valence-corrected chi connectivity index (χ3v) is 2.65. The third-order valence-electron chi connectivity index (χ3n) is 2.65. The Bertz CT molecular complexity index is 602. The molecule has 0 saturated carbocycles. The molecule has 0 unspecified atom stereocenters. The van der Waals surface area contributed by atoms with Crippen molar-refractivity contribution in [1.29, 1.82) is 5.26 Å². The summed E-state index contributed by atoms with van der Waals surface area (Å²) in [6, 6.07) is 13.7. The second-order valence-corrected chi connectivity index (χ2v) is 3.82. The Balaban J connectivity index is 2.17. The lowest BCUT2D eigenvalue weighted by molar-refractivity contribution is 0.613. The smallest absolute Gasteiger partial charge is 0.128 e. The van der Waals surface area contributed by atoms with Crippen LogP contribution in [-0.2, 0) is 6.54 Å². The summed E-state index contributed by atoms with van der Waals surface area (Å²) in [4.78, 5) is 0. The highest BCUT2D eigenvalue weighted by molar-refractivity contribution is 5.72. The van der Waals surface area contributed by atoms with Gasteiger partial charge in [-0.2, -0.15) is 5.26 Å². The van der Waals surface area contributed by atoms with Gasteiger partial charge >= 0.3 is 0 Å². The standard InChI is InChI=1S/C14H12FN3/c15-12-6-2-1-4-11(12)9-18-13-7-3-5-10(8-16)14(13)17/h1-7,18H,9,17H2. The number of nitrogens with zero attached hydrogens (tertiary/aromatic N) is 1. The lowest BCUT2D eigenvalue weighted by Gasteiger charge is -2.10. The molecule has 0 saturated heterocycles. The molecular weight excluding hydrogens is 229 g/mol. The number of nitrogens with two attached hydrogens (primary N) is 1. The lowest BCUT2D eigenvalue weighted by atomic mass is 10.1. The summed E-state index contributed by atoms with van der Waals surface area (Å²) in [6.07, 6.45) is 0. The van der Waals surface area contributed by atoms with E-state index in [4.69, 9.17) is 11.0 Å². The molecule has 0 spiro atoms. The Kier molecular flexibility index (Phi) is 3.44. The first-order valence-electron chi connectivity index (χ1n) is 5.48. The molecule has 3 N–H and O–H groups in total. The van der Waals surface area contributed by atoms with E-state index >= 15 is 0 Å². The fraction of sp³-hybridized carbons (Fsp3) is 0.0714. The van der Waals surface area contributed by atoms with Gasteiger partial charge in [0.2, 0.25) is 0 Å². The molecule has 0 aliphatic rings. The molecule has 90 valence electrons. The number of rotatable bonds is 3. The molecule has 2 aromatic rings. The molecule has 0 atom stereocenters. The zero-order valence-corrected chi connectivity index (χ0v) is 9.65. The van der Waals surface area contributed by atoms with E-state index in [2.05, 4.69) is 5.32 Å². The molecule has 0 heterocycles. The summed E-state index contributed by atoms with van der Waals surface area (Å²) >= 11 is 0. The van der Waals surface area contributed by atoms with Crippen molar-refractivity contribution in [2.45, 2.75) is 6.54 Å². The highest BCUT2D eigenvalue weighted by atomic mass is 19.1. The van der Waals surface area contributed by atoms with Crippen molar-refractivity contribution < 1.29 is 4.39 Å². The van der Waals surface area contributed by atoms with E-state index in [0.717, 1.165) is 0 Å². The number of nitriles is 1. The van der Waals surface area contributed by atoms with E-state index < -0.39 is 0 Å². The summed E-state index contributed by atoms with van der Waals surface area (Å²) in [5.74, 6) is -0.264. The van der Waals surface area contributed by atoms with Crippen LogP contribution in [0.2, 0.25) is 0 Å². The van der Waals surface area contributed by atoms with Gasteiger partial charge in [0.25, 0.3) is 0 Å². The van der Waals surface area contributed by atoms with Gasteiger partial charge in [0, 0.05) is 12.1 Å². The Morgan fingerprint density at radius 2 is 1.94 bits per heavy atom. The van der Waals surface area contributed by atoms with Crippen LogP contribution in [0.1, 0.15) is 11.1 Å². The zero-order valence-electron chi connectivity index (χ0n) is 9.65. The van der Waals surface area contributed by atoms with Crippen LogP contribution < -0.4 is 11.1 Å². The molecule has 2 aromatic carbocycles. The molecule has 4 heteroatoms. The van der Waals surface area contributed by atoms with Crippen molar-refractivity contribution in [3.05, 3.63) is 59.4 Å². The fourth-order valence-corrected chi connectivity index (χ4v) is 1.65. The Labute approximate surface area is 105 Å². The predicted molar refractivity (Wildman–Crippen MR) is 69.3 cm³/mol. The van der Waals surface area contributed by atoms with Crippen LogP contribution in [0.5, 0.6) is 0 Å². The minimum Gasteiger partial charge on any atom is -0.396 e. The quantitative estimate of drug-likeness (QED) is 0.812. The second kappa shape index (κ2) is 5.19. The number of hydrogen-bond donors (Lipinski definition) is 2. The van der Waals surface area contributed by atoms with Crippen LogP contribution in [0.3, 0.4) is 0 Å². The monoisotopic (exact) mass is 241 g/mol. The Morgan fingerprint density at radius 1 is 1.17 bits per heavy atom. The number of halogens is 1. The van der Waals surface area contributed by atoms with E-state index in [1.807, 2.05) is 6.07 Å². The number of hydrogen-bond acceptors (Lipinski definition) is 3. The molecule has 0 radical (unpaired) electrons. The highest BCUT2D eigenvalue weighted by Crippen LogP contribution is 2.22. The summed E-state index contributed by atoms with van der Waals surface area (Å²) in [6.45, 7) is 0.325. The van der Waals surface area contributed by atoms with Crippen LogP contribution in [0.15, 0.2) is 42.5 Å². The van der Waals surface area contributed by atoms with Crippen LogP contribution >= 0.6 is 0 Å². The van der Waals surface area contributed by atoms with Gasteiger partial charge in [-0.15, -0.1) is 0 Å². The van der Waals surface area contributed by atoms with Crippen LogP contribution in [-0.4, -0.2) is 0 Å². The van der Waals surface area contributed by atoms with Crippen molar-refractivity contribution in [3.8, 4) is 6.07 Å². The van der Waals surface area contributed by atoms with E-state index in [1.165, 1.54) is 6.07 Å². The zero-order chi connectivity index (χ0) is 13.0. The first kappa shape index (κ1) is 11.9. The fourth-order valence-electron chi connectivity index (χ4n) is 1.65. The Hall–Kier alpha value is -2.54. The average molecular weight is 241 g/mol. The minimum absolute atomic E-state index is 0.264. The van der Waals surface area contributed by atoms with Gasteiger partial charge in [0.05, 0.1) is 16.9 Å². The van der Waals surface area contributed by atoms with Gasteiger partial charge in [0.15, 0.2) is 0 Å². The summed E-state index contributed by atoms with van der Waals surface area (Å²) < 4.78 is 13.4.